The van der Waals surface area contributed by atoms with E-state index in [0.29, 0.717) is 11.1 Å². The summed E-state index contributed by atoms with van der Waals surface area (Å²) in [5, 5.41) is 13.5. The lowest BCUT2D eigenvalue weighted by Crippen LogP contribution is -1.84. The molecule has 0 aliphatic heterocycles. The highest BCUT2D eigenvalue weighted by Crippen LogP contribution is 2.38. The van der Waals surface area contributed by atoms with Crippen LogP contribution in [0.1, 0.15) is 5.56 Å². The second-order valence-corrected chi connectivity index (χ2v) is 3.30. The van der Waals surface area contributed by atoms with Gasteiger partial charge in [-0.25, -0.2) is 5.53 Å². The molecule has 0 amide bonds. The molecule has 3 N–H and O–H groups in total. The Kier molecular flexibility index (Phi) is 2.07. The van der Waals surface area contributed by atoms with Crippen molar-refractivity contribution in [2.45, 2.75) is 6.92 Å². The van der Waals surface area contributed by atoms with E-state index in [1.807, 2.05) is 13.0 Å². The minimum atomic E-state index is -0.0867. The third-order valence-corrected chi connectivity index (χ3v) is 2.38. The molecule has 0 aliphatic rings. The molecule has 0 bridgehead atoms. The van der Waals surface area contributed by atoms with Crippen LogP contribution in [0, 0.1) is 12.5 Å². The van der Waals surface area contributed by atoms with Gasteiger partial charge in [0, 0.05) is 5.39 Å². The summed E-state index contributed by atoms with van der Waals surface area (Å²) in [5.41, 5.74) is 8.94. The number of hydrogen-bond acceptors (Lipinski definition) is 4. The van der Waals surface area contributed by atoms with Crippen LogP contribution in [-0.2, 0) is 0 Å². The van der Waals surface area contributed by atoms with Gasteiger partial charge in [-0.2, -0.15) is 5.11 Å². The second-order valence-electron chi connectivity index (χ2n) is 3.30. The van der Waals surface area contributed by atoms with Gasteiger partial charge < -0.3 is 14.8 Å². The summed E-state index contributed by atoms with van der Waals surface area (Å²) < 4.78 is 5.11. The molecule has 5 nitrogen and oxygen atoms in total. The largest absolute Gasteiger partial charge is 0.497 e. The third kappa shape index (κ3) is 1.32. The first-order chi connectivity index (χ1) is 7.17. The fraction of sp³-hybridized carbons (Fsp3) is 0.200. The van der Waals surface area contributed by atoms with Crippen LogP contribution in [-0.4, -0.2) is 17.2 Å². The minimum absolute atomic E-state index is 0.0867. The standard InChI is InChI=1S/C10H11N3O2/c1-5-3-6(15-2)4-7-8(5)12-10(14)9(7)13-11/h3-4,11-12,14H,1-2H3. The van der Waals surface area contributed by atoms with Gasteiger partial charge in [-0.05, 0) is 24.6 Å². The number of fused-ring (bicyclic) bond motifs is 1. The Morgan fingerprint density at radius 3 is 2.80 bits per heavy atom. The van der Waals surface area contributed by atoms with Crippen molar-refractivity contribution in [3.63, 3.8) is 0 Å². The lowest BCUT2D eigenvalue weighted by Gasteiger charge is -2.02. The molecular formula is C10H11N3O2. The molecule has 0 aliphatic carbocycles. The van der Waals surface area contributed by atoms with E-state index in [1.165, 1.54) is 0 Å². The quantitative estimate of drug-likeness (QED) is 0.659. The van der Waals surface area contributed by atoms with E-state index >= 15 is 0 Å². The van der Waals surface area contributed by atoms with E-state index in [0.717, 1.165) is 11.1 Å². The SMILES string of the molecule is COc1cc(C)c2[nH]c(O)c(N=N)c2c1. The van der Waals surface area contributed by atoms with E-state index in [4.69, 9.17) is 10.3 Å². The highest BCUT2D eigenvalue weighted by Gasteiger charge is 2.12. The van der Waals surface area contributed by atoms with Crippen LogP contribution in [0.25, 0.3) is 10.9 Å². The molecule has 2 rings (SSSR count). The molecule has 78 valence electrons. The van der Waals surface area contributed by atoms with E-state index in [-0.39, 0.29) is 11.6 Å². The molecule has 1 aromatic heterocycles. The fourth-order valence-corrected chi connectivity index (χ4v) is 1.64. The van der Waals surface area contributed by atoms with Crippen LogP contribution < -0.4 is 4.74 Å². The zero-order chi connectivity index (χ0) is 11.0. The Morgan fingerprint density at radius 1 is 1.47 bits per heavy atom. The van der Waals surface area contributed by atoms with E-state index in [2.05, 4.69) is 10.1 Å². The van der Waals surface area contributed by atoms with E-state index < -0.39 is 0 Å². The Bertz CT molecular complexity index is 531. The molecule has 15 heavy (non-hydrogen) atoms. The third-order valence-electron chi connectivity index (χ3n) is 2.38. The maximum atomic E-state index is 9.51. The van der Waals surface area contributed by atoms with Crippen LogP contribution in [0.5, 0.6) is 11.6 Å². The van der Waals surface area contributed by atoms with Gasteiger partial charge >= 0.3 is 0 Å². The van der Waals surface area contributed by atoms with Crippen molar-refractivity contribution >= 4 is 16.6 Å². The number of aryl methyl sites for hydroxylation is 1. The number of aromatic hydroxyl groups is 1. The van der Waals surface area contributed by atoms with Gasteiger partial charge in [0.1, 0.15) is 5.75 Å². The maximum Gasteiger partial charge on any atom is 0.218 e. The molecule has 0 atom stereocenters. The number of benzene rings is 1. The van der Waals surface area contributed by atoms with Crippen molar-refractivity contribution in [3.8, 4) is 11.6 Å². The topological polar surface area (TPSA) is 81.5 Å². The molecule has 0 fully saturated rings. The Hall–Kier alpha value is -2.04. The van der Waals surface area contributed by atoms with Gasteiger partial charge in [-0.15, -0.1) is 0 Å². The van der Waals surface area contributed by atoms with E-state index in [9.17, 15) is 5.11 Å². The summed E-state index contributed by atoms with van der Waals surface area (Å²) in [6, 6.07) is 3.60. The highest BCUT2D eigenvalue weighted by molar-refractivity contribution is 5.96. The van der Waals surface area contributed by atoms with Crippen LogP contribution in [0.3, 0.4) is 0 Å². The first kappa shape index (κ1) is 9.51. The van der Waals surface area contributed by atoms with Crippen molar-refractivity contribution in [3.05, 3.63) is 17.7 Å². The number of aromatic nitrogens is 1. The van der Waals surface area contributed by atoms with Gasteiger partial charge in [0.05, 0.1) is 12.6 Å². The number of hydrogen-bond donors (Lipinski definition) is 3. The summed E-state index contributed by atoms with van der Waals surface area (Å²) in [6.45, 7) is 1.90. The monoisotopic (exact) mass is 205 g/mol. The number of nitrogens with one attached hydrogen (secondary N) is 2. The Labute approximate surface area is 86.2 Å². The van der Waals surface area contributed by atoms with Gasteiger partial charge in [-0.1, -0.05) is 0 Å². The zero-order valence-electron chi connectivity index (χ0n) is 8.46. The van der Waals surface area contributed by atoms with Crippen LogP contribution >= 0.6 is 0 Å². The Balaban J connectivity index is 2.86. The lowest BCUT2D eigenvalue weighted by atomic mass is 10.1. The summed E-state index contributed by atoms with van der Waals surface area (Å²) in [7, 11) is 1.57. The molecule has 1 aromatic carbocycles. The van der Waals surface area contributed by atoms with Crippen molar-refractivity contribution in [1.82, 2.24) is 4.98 Å². The highest BCUT2D eigenvalue weighted by atomic mass is 16.5. The summed E-state index contributed by atoms with van der Waals surface area (Å²) in [6.07, 6.45) is 0. The van der Waals surface area contributed by atoms with Crippen molar-refractivity contribution in [2.24, 2.45) is 5.11 Å². The average molecular weight is 205 g/mol. The molecule has 0 spiro atoms. The van der Waals surface area contributed by atoms with Crippen molar-refractivity contribution in [2.75, 3.05) is 7.11 Å². The molecule has 5 heteroatoms. The lowest BCUT2D eigenvalue weighted by molar-refractivity contribution is 0.415. The van der Waals surface area contributed by atoms with Crippen molar-refractivity contribution < 1.29 is 9.84 Å². The second kappa shape index (κ2) is 3.27. The fourth-order valence-electron chi connectivity index (χ4n) is 1.64. The number of H-pyrrole nitrogens is 1. The first-order valence-corrected chi connectivity index (χ1v) is 4.44. The number of rotatable bonds is 2. The summed E-state index contributed by atoms with van der Waals surface area (Å²) in [4.78, 5) is 2.78. The number of aromatic amines is 1. The molecule has 0 unspecified atom stereocenters. The molecule has 0 saturated heterocycles. The smallest absolute Gasteiger partial charge is 0.218 e. The molecule has 0 radical (unpaired) electrons. The van der Waals surface area contributed by atoms with Crippen molar-refractivity contribution in [1.29, 1.82) is 5.53 Å². The Morgan fingerprint density at radius 2 is 2.20 bits per heavy atom. The number of ether oxygens (including phenoxy) is 1. The molecule has 2 aromatic rings. The zero-order valence-corrected chi connectivity index (χ0v) is 8.46. The minimum Gasteiger partial charge on any atom is -0.497 e. The van der Waals surface area contributed by atoms with E-state index in [1.54, 1.807) is 13.2 Å². The van der Waals surface area contributed by atoms with Gasteiger partial charge in [0.2, 0.25) is 5.88 Å². The van der Waals surface area contributed by atoms with Gasteiger partial charge in [-0.3, -0.25) is 0 Å². The summed E-state index contributed by atoms with van der Waals surface area (Å²) in [5.74, 6) is 0.597. The van der Waals surface area contributed by atoms with Gasteiger partial charge in [0.15, 0.2) is 5.69 Å². The van der Waals surface area contributed by atoms with Crippen LogP contribution in [0.15, 0.2) is 17.2 Å². The van der Waals surface area contributed by atoms with Crippen LogP contribution in [0.2, 0.25) is 0 Å². The van der Waals surface area contributed by atoms with Gasteiger partial charge in [0.25, 0.3) is 0 Å². The predicted octanol–water partition coefficient (Wildman–Crippen LogP) is 2.85. The normalized spacial score (nSPS) is 10.5. The van der Waals surface area contributed by atoms with Crippen LogP contribution in [0.4, 0.5) is 5.69 Å². The first-order valence-electron chi connectivity index (χ1n) is 4.44. The number of methoxy groups -OCH3 is 1. The maximum absolute atomic E-state index is 9.51. The molecular weight excluding hydrogens is 194 g/mol. The summed E-state index contributed by atoms with van der Waals surface area (Å²) >= 11 is 0. The average Bonchev–Trinajstić information content (AvgIpc) is 2.54. The molecule has 0 saturated carbocycles. The number of nitrogens with zero attached hydrogens (tertiary/aromatic N) is 1. The predicted molar refractivity (Wildman–Crippen MR) is 56.1 cm³/mol. The molecule has 1 heterocycles.